The van der Waals surface area contributed by atoms with Crippen LogP contribution in [0.3, 0.4) is 0 Å². The zero-order valence-corrected chi connectivity index (χ0v) is 18.2. The molecule has 1 aliphatic carbocycles. The number of nitrogens with zero attached hydrogens (tertiary/aromatic N) is 5. The lowest BCUT2D eigenvalue weighted by Crippen LogP contribution is -2.41. The van der Waals surface area contributed by atoms with Crippen LogP contribution in [-0.4, -0.2) is 48.4 Å². The number of hydrogen-bond acceptors (Lipinski definition) is 5. The zero-order valence-electron chi connectivity index (χ0n) is 18.2. The summed E-state index contributed by atoms with van der Waals surface area (Å²) in [7, 11) is 0. The summed E-state index contributed by atoms with van der Waals surface area (Å²) in [5.41, 5.74) is 4.34. The van der Waals surface area contributed by atoms with Crippen molar-refractivity contribution in [1.82, 2.24) is 29.4 Å². The molecule has 0 radical (unpaired) electrons. The topological polar surface area (TPSA) is 86.6 Å². The van der Waals surface area contributed by atoms with Gasteiger partial charge in [0, 0.05) is 43.9 Å². The summed E-state index contributed by atoms with van der Waals surface area (Å²) in [5.74, 6) is 0.366. The highest BCUT2D eigenvalue weighted by atomic mass is 16.2. The third kappa shape index (κ3) is 3.52. The average molecular weight is 433 g/mol. The van der Waals surface area contributed by atoms with Crippen molar-refractivity contribution in [3.8, 4) is 0 Å². The van der Waals surface area contributed by atoms with Crippen LogP contribution in [0.15, 0.2) is 35.4 Å². The molecule has 1 saturated carbocycles. The molecule has 6 rings (SSSR count). The average Bonchev–Trinajstić information content (AvgIpc) is 3.59. The summed E-state index contributed by atoms with van der Waals surface area (Å²) in [5, 5.41) is 3.36. The van der Waals surface area contributed by atoms with Crippen molar-refractivity contribution in [2.45, 2.75) is 57.7 Å². The highest BCUT2D eigenvalue weighted by molar-refractivity contribution is 5.81. The van der Waals surface area contributed by atoms with Gasteiger partial charge >= 0.3 is 0 Å². The third-order valence-corrected chi connectivity index (χ3v) is 7.10. The molecule has 2 fully saturated rings. The highest BCUT2D eigenvalue weighted by Gasteiger charge is 2.36. The predicted octanol–water partition coefficient (Wildman–Crippen LogP) is 2.44. The van der Waals surface area contributed by atoms with Crippen LogP contribution in [0.25, 0.3) is 5.65 Å². The largest absolute Gasteiger partial charge is 0.337 e. The molecular weight excluding hydrogens is 404 g/mol. The number of hydrogen-bond donors (Lipinski definition) is 1. The number of rotatable bonds is 4. The summed E-state index contributed by atoms with van der Waals surface area (Å²) < 4.78 is 1.58. The van der Waals surface area contributed by atoms with E-state index >= 15 is 0 Å². The monoisotopic (exact) mass is 432 g/mol. The van der Waals surface area contributed by atoms with Gasteiger partial charge in [0.1, 0.15) is 0 Å². The van der Waals surface area contributed by atoms with Crippen molar-refractivity contribution >= 4 is 11.6 Å². The molecule has 1 atom stereocenters. The van der Waals surface area contributed by atoms with E-state index < -0.39 is 0 Å². The fourth-order valence-electron chi connectivity index (χ4n) is 5.21. The predicted molar refractivity (Wildman–Crippen MR) is 119 cm³/mol. The molecule has 3 aliphatic rings. The van der Waals surface area contributed by atoms with Crippen molar-refractivity contribution in [2.24, 2.45) is 5.92 Å². The molecule has 5 heterocycles. The van der Waals surface area contributed by atoms with Crippen LogP contribution >= 0.6 is 0 Å². The fraction of sp³-hybridized carbons (Fsp3) is 0.500. The van der Waals surface area contributed by atoms with Gasteiger partial charge in [0.05, 0.1) is 29.5 Å². The van der Waals surface area contributed by atoms with Crippen LogP contribution < -0.4 is 5.56 Å². The highest BCUT2D eigenvalue weighted by Crippen LogP contribution is 2.33. The first-order valence-electron chi connectivity index (χ1n) is 11.7. The van der Waals surface area contributed by atoms with Crippen molar-refractivity contribution in [3.63, 3.8) is 0 Å². The van der Waals surface area contributed by atoms with Gasteiger partial charge in [0.15, 0.2) is 5.65 Å². The van der Waals surface area contributed by atoms with E-state index in [9.17, 15) is 9.59 Å². The second-order valence-corrected chi connectivity index (χ2v) is 9.37. The Labute approximate surface area is 186 Å². The van der Waals surface area contributed by atoms with E-state index in [0.717, 1.165) is 43.7 Å². The van der Waals surface area contributed by atoms with Gasteiger partial charge < -0.3 is 4.90 Å². The number of piperidine rings is 1. The first-order valence-corrected chi connectivity index (χ1v) is 11.7. The number of fused-ring (bicyclic) bond motifs is 2. The quantitative estimate of drug-likeness (QED) is 0.684. The summed E-state index contributed by atoms with van der Waals surface area (Å²) >= 11 is 0. The maximum absolute atomic E-state index is 13.3. The zero-order chi connectivity index (χ0) is 21.7. The van der Waals surface area contributed by atoms with E-state index in [0.29, 0.717) is 30.7 Å². The van der Waals surface area contributed by atoms with Gasteiger partial charge in [-0.25, -0.2) is 9.50 Å². The molecule has 3 aromatic heterocycles. The Morgan fingerprint density at radius 3 is 2.91 bits per heavy atom. The van der Waals surface area contributed by atoms with E-state index in [1.165, 1.54) is 18.4 Å². The molecule has 8 heteroatoms. The molecule has 0 spiro atoms. The summed E-state index contributed by atoms with van der Waals surface area (Å²) in [4.78, 5) is 39.2. The molecule has 8 nitrogen and oxygen atoms in total. The Morgan fingerprint density at radius 1 is 1.19 bits per heavy atom. The molecule has 1 saturated heterocycles. The summed E-state index contributed by atoms with van der Waals surface area (Å²) in [6.07, 6.45) is 9.72. The molecule has 0 bridgehead atoms. The van der Waals surface area contributed by atoms with E-state index in [4.69, 9.17) is 4.98 Å². The van der Waals surface area contributed by atoms with Crippen LogP contribution in [-0.2, 0) is 24.3 Å². The smallest absolute Gasteiger partial charge is 0.277 e. The van der Waals surface area contributed by atoms with Crippen LogP contribution in [0, 0.1) is 5.92 Å². The Bertz CT molecular complexity index is 1210. The number of H-pyrrole nitrogens is 1. The second-order valence-electron chi connectivity index (χ2n) is 9.37. The number of carbonyl (C=O) groups is 1. The number of aromatic amines is 1. The second kappa shape index (κ2) is 7.85. The number of aromatic nitrogens is 4. The Morgan fingerprint density at radius 2 is 2.09 bits per heavy atom. The van der Waals surface area contributed by atoms with Gasteiger partial charge in [0.25, 0.3) is 5.56 Å². The number of likely N-dealkylation sites (tertiary alicyclic amines) is 1. The van der Waals surface area contributed by atoms with Crippen LogP contribution in [0.4, 0.5) is 0 Å². The van der Waals surface area contributed by atoms with Gasteiger partial charge in [-0.1, -0.05) is 12.5 Å². The first-order chi connectivity index (χ1) is 15.7. The van der Waals surface area contributed by atoms with E-state index in [1.807, 2.05) is 23.2 Å². The third-order valence-electron chi connectivity index (χ3n) is 7.10. The lowest BCUT2D eigenvalue weighted by molar-refractivity contribution is -0.133. The van der Waals surface area contributed by atoms with Crippen LogP contribution in [0.2, 0.25) is 0 Å². The van der Waals surface area contributed by atoms with Crippen molar-refractivity contribution in [3.05, 3.63) is 63.5 Å². The van der Waals surface area contributed by atoms with E-state index in [-0.39, 0.29) is 23.4 Å². The van der Waals surface area contributed by atoms with Gasteiger partial charge in [-0.2, -0.15) is 0 Å². The molecule has 1 N–H and O–H groups in total. The minimum Gasteiger partial charge on any atom is -0.337 e. The van der Waals surface area contributed by atoms with Gasteiger partial charge in [0.2, 0.25) is 5.91 Å². The number of pyridine rings is 1. The van der Waals surface area contributed by atoms with Crippen molar-refractivity contribution in [2.75, 3.05) is 13.1 Å². The van der Waals surface area contributed by atoms with Crippen molar-refractivity contribution < 1.29 is 4.79 Å². The maximum atomic E-state index is 13.3. The Hall–Kier alpha value is -3.00. The van der Waals surface area contributed by atoms with Crippen LogP contribution in [0.1, 0.15) is 60.7 Å². The molecule has 0 aromatic carbocycles. The summed E-state index contributed by atoms with van der Waals surface area (Å²) in [6, 6.07) is 6.34. The lowest BCUT2D eigenvalue weighted by atomic mass is 9.99. The van der Waals surface area contributed by atoms with Crippen molar-refractivity contribution in [1.29, 1.82) is 0 Å². The molecule has 1 amide bonds. The molecule has 2 aliphatic heterocycles. The molecule has 0 unspecified atom stereocenters. The minimum absolute atomic E-state index is 0.0702. The Balaban J connectivity index is 1.31. The first kappa shape index (κ1) is 19.7. The minimum atomic E-state index is -0.0702. The lowest BCUT2D eigenvalue weighted by Gasteiger charge is -2.35. The van der Waals surface area contributed by atoms with E-state index in [2.05, 4.69) is 21.0 Å². The Kier molecular flexibility index (Phi) is 4.82. The van der Waals surface area contributed by atoms with Gasteiger partial charge in [-0.15, -0.1) is 0 Å². The molecule has 32 heavy (non-hydrogen) atoms. The number of nitrogens with one attached hydrogen (secondary N) is 1. The SMILES string of the molecule is O=C(C1CC1)N1CCc2nc3cc([C@@H]4CCCCN4Cc4cccnc4)[nH]n3c(=O)c2C1. The normalized spacial score (nSPS) is 21.6. The van der Waals surface area contributed by atoms with E-state index in [1.54, 1.807) is 10.7 Å². The van der Waals surface area contributed by atoms with Crippen LogP contribution in [0.5, 0.6) is 0 Å². The standard InChI is InChI=1S/C24H28N6O2/c31-23(17-6-7-17)29-11-8-19-18(15-29)24(32)30-22(26-19)12-20(27-30)21-5-1-2-10-28(21)14-16-4-3-9-25-13-16/h3-4,9,12-13,17,21,27H,1-2,5-8,10-11,14-15H2/t21-/m0/s1. The molecular formula is C24H28N6O2. The number of amides is 1. The van der Waals surface area contributed by atoms with Gasteiger partial charge in [-0.3, -0.25) is 24.6 Å². The van der Waals surface area contributed by atoms with Gasteiger partial charge in [-0.05, 0) is 43.9 Å². The molecule has 3 aromatic rings. The summed E-state index contributed by atoms with van der Waals surface area (Å²) in [6.45, 7) is 2.89. The maximum Gasteiger partial charge on any atom is 0.277 e. The molecule has 166 valence electrons. The fourth-order valence-corrected chi connectivity index (χ4v) is 5.21. The number of carbonyl (C=O) groups excluding carboxylic acids is 1.